The molecule has 2 rings (SSSR count). The fourth-order valence-corrected chi connectivity index (χ4v) is 2.13. The van der Waals surface area contributed by atoms with Gasteiger partial charge < -0.3 is 10.4 Å². The molecule has 20 heavy (non-hydrogen) atoms. The van der Waals surface area contributed by atoms with Gasteiger partial charge in [-0.3, -0.25) is 0 Å². The zero-order chi connectivity index (χ0) is 14.7. The van der Waals surface area contributed by atoms with Crippen LogP contribution in [-0.4, -0.2) is 11.1 Å². The van der Waals surface area contributed by atoms with E-state index in [1.54, 1.807) is 0 Å². The number of halogens is 3. The lowest BCUT2D eigenvalue weighted by Gasteiger charge is -2.17. The molecule has 1 unspecified atom stereocenters. The first-order valence-electron chi connectivity index (χ1n) is 5.67. The van der Waals surface area contributed by atoms with Crippen molar-refractivity contribution in [3.63, 3.8) is 0 Å². The van der Waals surface area contributed by atoms with Gasteiger partial charge in [-0.25, -0.2) is 13.6 Å². The van der Waals surface area contributed by atoms with Crippen molar-refractivity contribution >= 4 is 27.6 Å². The SMILES string of the molecule is O=C(O)C(Nc1cccc(F)c1)c1cc(Br)ccc1F. The first-order chi connectivity index (χ1) is 9.47. The molecule has 6 heteroatoms. The molecule has 0 spiro atoms. The molecule has 2 N–H and O–H groups in total. The molecule has 3 nitrogen and oxygen atoms in total. The van der Waals surface area contributed by atoms with Crippen LogP contribution < -0.4 is 5.32 Å². The summed E-state index contributed by atoms with van der Waals surface area (Å²) in [4.78, 5) is 11.3. The summed E-state index contributed by atoms with van der Waals surface area (Å²) in [6, 6.07) is 8.03. The molecule has 0 aromatic heterocycles. The van der Waals surface area contributed by atoms with Crippen molar-refractivity contribution in [2.45, 2.75) is 6.04 Å². The number of carboxylic acid groups (broad SMARTS) is 1. The van der Waals surface area contributed by atoms with Crippen LogP contribution in [-0.2, 0) is 4.79 Å². The number of carboxylic acids is 1. The van der Waals surface area contributed by atoms with E-state index in [4.69, 9.17) is 0 Å². The fourth-order valence-electron chi connectivity index (χ4n) is 1.75. The van der Waals surface area contributed by atoms with Gasteiger partial charge in [-0.05, 0) is 36.4 Å². The summed E-state index contributed by atoms with van der Waals surface area (Å²) < 4.78 is 27.4. The highest BCUT2D eigenvalue weighted by Gasteiger charge is 2.23. The predicted octanol–water partition coefficient (Wildman–Crippen LogP) is 3.97. The first-order valence-corrected chi connectivity index (χ1v) is 6.46. The Morgan fingerprint density at radius 1 is 1.20 bits per heavy atom. The Morgan fingerprint density at radius 3 is 2.60 bits per heavy atom. The average molecular weight is 342 g/mol. The Balaban J connectivity index is 2.37. The molecule has 0 aliphatic heterocycles. The second-order valence-electron chi connectivity index (χ2n) is 4.09. The maximum absolute atomic E-state index is 13.8. The molecular weight excluding hydrogens is 332 g/mol. The monoisotopic (exact) mass is 341 g/mol. The number of aliphatic carboxylic acids is 1. The summed E-state index contributed by atoms with van der Waals surface area (Å²) in [6.45, 7) is 0. The zero-order valence-electron chi connectivity index (χ0n) is 10.1. The summed E-state index contributed by atoms with van der Waals surface area (Å²) in [7, 11) is 0. The zero-order valence-corrected chi connectivity index (χ0v) is 11.7. The smallest absolute Gasteiger partial charge is 0.330 e. The van der Waals surface area contributed by atoms with E-state index in [1.165, 1.54) is 36.4 Å². The number of hydrogen-bond acceptors (Lipinski definition) is 2. The molecule has 0 saturated carbocycles. The molecule has 0 radical (unpaired) electrons. The summed E-state index contributed by atoms with van der Waals surface area (Å²) in [5.41, 5.74) is 0.230. The van der Waals surface area contributed by atoms with Gasteiger partial charge in [0.2, 0.25) is 0 Å². The molecule has 0 aliphatic rings. The Hall–Kier alpha value is -1.95. The van der Waals surface area contributed by atoms with Crippen LogP contribution in [0, 0.1) is 11.6 Å². The van der Waals surface area contributed by atoms with Gasteiger partial charge in [-0.2, -0.15) is 0 Å². The average Bonchev–Trinajstić information content (AvgIpc) is 2.39. The minimum absolute atomic E-state index is 0.0314. The molecule has 2 aromatic rings. The molecule has 0 amide bonds. The third kappa shape index (κ3) is 3.33. The van der Waals surface area contributed by atoms with E-state index in [9.17, 15) is 18.7 Å². The molecule has 0 bridgehead atoms. The molecule has 0 heterocycles. The predicted molar refractivity (Wildman–Crippen MR) is 74.5 cm³/mol. The van der Waals surface area contributed by atoms with E-state index < -0.39 is 23.6 Å². The second-order valence-corrected chi connectivity index (χ2v) is 5.01. The quantitative estimate of drug-likeness (QED) is 0.884. The van der Waals surface area contributed by atoms with Gasteiger partial charge in [0.25, 0.3) is 0 Å². The first kappa shape index (κ1) is 14.5. The fraction of sp³-hybridized carbons (Fsp3) is 0.0714. The van der Waals surface area contributed by atoms with Gasteiger partial charge >= 0.3 is 5.97 Å². The van der Waals surface area contributed by atoms with Crippen LogP contribution in [0.3, 0.4) is 0 Å². The lowest BCUT2D eigenvalue weighted by atomic mass is 10.1. The van der Waals surface area contributed by atoms with Crippen LogP contribution in [0.2, 0.25) is 0 Å². The van der Waals surface area contributed by atoms with Crippen molar-refractivity contribution in [1.82, 2.24) is 0 Å². The van der Waals surface area contributed by atoms with Gasteiger partial charge in [0, 0.05) is 15.7 Å². The molecule has 0 aliphatic carbocycles. The molecule has 0 saturated heterocycles. The van der Waals surface area contributed by atoms with E-state index in [2.05, 4.69) is 21.2 Å². The van der Waals surface area contributed by atoms with Crippen LogP contribution in [0.15, 0.2) is 46.9 Å². The summed E-state index contributed by atoms with van der Waals surface area (Å²) in [6.07, 6.45) is 0. The highest BCUT2D eigenvalue weighted by atomic mass is 79.9. The van der Waals surface area contributed by atoms with E-state index in [-0.39, 0.29) is 11.3 Å². The Bertz CT molecular complexity index is 649. The maximum Gasteiger partial charge on any atom is 0.330 e. The molecule has 0 fully saturated rings. The summed E-state index contributed by atoms with van der Waals surface area (Å²) >= 11 is 3.16. The van der Waals surface area contributed by atoms with Crippen molar-refractivity contribution in [3.8, 4) is 0 Å². The second kappa shape index (κ2) is 6.00. The molecule has 104 valence electrons. The number of hydrogen-bond donors (Lipinski definition) is 2. The van der Waals surface area contributed by atoms with Crippen molar-refractivity contribution in [1.29, 1.82) is 0 Å². The van der Waals surface area contributed by atoms with Crippen LogP contribution >= 0.6 is 15.9 Å². The third-order valence-electron chi connectivity index (χ3n) is 2.65. The largest absolute Gasteiger partial charge is 0.479 e. The van der Waals surface area contributed by atoms with Crippen LogP contribution in [0.4, 0.5) is 14.5 Å². The number of rotatable bonds is 4. The van der Waals surface area contributed by atoms with Gasteiger partial charge in [0.15, 0.2) is 6.04 Å². The van der Waals surface area contributed by atoms with Gasteiger partial charge in [0.05, 0.1) is 0 Å². The lowest BCUT2D eigenvalue weighted by Crippen LogP contribution is -2.21. The third-order valence-corrected chi connectivity index (χ3v) is 3.14. The van der Waals surface area contributed by atoms with E-state index in [0.29, 0.717) is 4.47 Å². The lowest BCUT2D eigenvalue weighted by molar-refractivity contribution is -0.138. The highest BCUT2D eigenvalue weighted by molar-refractivity contribution is 9.10. The number of benzene rings is 2. The molecular formula is C14H10BrF2NO2. The highest BCUT2D eigenvalue weighted by Crippen LogP contribution is 2.25. The van der Waals surface area contributed by atoms with E-state index in [1.807, 2.05) is 0 Å². The minimum Gasteiger partial charge on any atom is -0.479 e. The Labute approximate surface area is 122 Å². The number of nitrogens with one attached hydrogen (secondary N) is 1. The topological polar surface area (TPSA) is 49.3 Å². The van der Waals surface area contributed by atoms with Crippen LogP contribution in [0.5, 0.6) is 0 Å². The summed E-state index contributed by atoms with van der Waals surface area (Å²) in [5.74, 6) is -2.41. The van der Waals surface area contributed by atoms with Gasteiger partial charge in [-0.15, -0.1) is 0 Å². The van der Waals surface area contributed by atoms with Crippen molar-refractivity contribution in [2.24, 2.45) is 0 Å². The minimum atomic E-state index is -1.31. The number of carbonyl (C=O) groups is 1. The molecule has 1 atom stereocenters. The van der Waals surface area contributed by atoms with Crippen LogP contribution in [0.1, 0.15) is 11.6 Å². The maximum atomic E-state index is 13.8. The standard InChI is InChI=1S/C14H10BrF2NO2/c15-8-4-5-12(17)11(6-8)13(14(19)20)18-10-3-1-2-9(16)7-10/h1-7,13,18H,(H,19,20). The van der Waals surface area contributed by atoms with Crippen LogP contribution in [0.25, 0.3) is 0 Å². The summed E-state index contributed by atoms with van der Waals surface area (Å²) in [5, 5.41) is 11.8. The number of anilines is 1. The van der Waals surface area contributed by atoms with Crippen molar-refractivity contribution in [2.75, 3.05) is 5.32 Å². The van der Waals surface area contributed by atoms with E-state index in [0.717, 1.165) is 6.07 Å². The Morgan fingerprint density at radius 2 is 1.95 bits per heavy atom. The van der Waals surface area contributed by atoms with Crippen molar-refractivity contribution in [3.05, 3.63) is 64.1 Å². The molecule has 2 aromatic carbocycles. The Kier molecular flexibility index (Phi) is 4.34. The normalized spacial score (nSPS) is 11.9. The van der Waals surface area contributed by atoms with Gasteiger partial charge in [-0.1, -0.05) is 22.0 Å². The van der Waals surface area contributed by atoms with Gasteiger partial charge in [0.1, 0.15) is 11.6 Å². The van der Waals surface area contributed by atoms with E-state index >= 15 is 0 Å². The van der Waals surface area contributed by atoms with Crippen molar-refractivity contribution < 1.29 is 18.7 Å².